The summed E-state index contributed by atoms with van der Waals surface area (Å²) in [6.45, 7) is 3.72. The molecule has 0 bridgehead atoms. The lowest BCUT2D eigenvalue weighted by Gasteiger charge is -2.19. The van der Waals surface area contributed by atoms with Crippen molar-refractivity contribution in [3.63, 3.8) is 0 Å². The first kappa shape index (κ1) is 12.3. The van der Waals surface area contributed by atoms with E-state index < -0.39 is 5.97 Å². The molecule has 0 aromatic carbocycles. The van der Waals surface area contributed by atoms with Crippen LogP contribution in [0.5, 0.6) is 0 Å². The van der Waals surface area contributed by atoms with Crippen LogP contribution in [0.2, 0.25) is 0 Å². The van der Waals surface area contributed by atoms with Gasteiger partial charge in [0.25, 0.3) is 5.56 Å². The van der Waals surface area contributed by atoms with Gasteiger partial charge in [-0.15, -0.1) is 6.58 Å². The summed E-state index contributed by atoms with van der Waals surface area (Å²) in [5, 5.41) is 8.84. The second-order valence-corrected chi connectivity index (χ2v) is 4.33. The van der Waals surface area contributed by atoms with Crippen molar-refractivity contribution < 1.29 is 9.90 Å². The van der Waals surface area contributed by atoms with Crippen molar-refractivity contribution in [3.8, 4) is 0 Å². The zero-order valence-corrected chi connectivity index (χ0v) is 9.93. The quantitative estimate of drug-likeness (QED) is 0.726. The molecule has 0 radical (unpaired) electrons. The molecule has 0 atom stereocenters. The van der Waals surface area contributed by atoms with E-state index in [1.54, 1.807) is 6.08 Å². The third-order valence-corrected chi connectivity index (χ3v) is 2.71. The van der Waals surface area contributed by atoms with Crippen molar-refractivity contribution in [3.05, 3.63) is 34.9 Å². The van der Waals surface area contributed by atoms with Gasteiger partial charge in [0.2, 0.25) is 0 Å². The van der Waals surface area contributed by atoms with Gasteiger partial charge in [0.1, 0.15) is 18.2 Å². The van der Waals surface area contributed by atoms with Crippen LogP contribution in [0.1, 0.15) is 24.6 Å². The zero-order valence-electron chi connectivity index (χ0n) is 9.93. The van der Waals surface area contributed by atoms with Crippen LogP contribution in [0.4, 0.5) is 5.82 Å². The van der Waals surface area contributed by atoms with Crippen LogP contribution in [0.15, 0.2) is 23.5 Å². The number of aromatic nitrogens is 2. The molecule has 6 heteroatoms. The summed E-state index contributed by atoms with van der Waals surface area (Å²) in [6, 6.07) is 1.32. The van der Waals surface area contributed by atoms with Crippen molar-refractivity contribution >= 4 is 11.8 Å². The summed E-state index contributed by atoms with van der Waals surface area (Å²) in [7, 11) is 0. The fourth-order valence-corrected chi connectivity index (χ4v) is 1.73. The van der Waals surface area contributed by atoms with Crippen LogP contribution in [-0.4, -0.2) is 34.1 Å². The number of aliphatic carboxylic acids is 1. The van der Waals surface area contributed by atoms with E-state index in [0.717, 1.165) is 12.8 Å². The fourth-order valence-electron chi connectivity index (χ4n) is 1.73. The Morgan fingerprint density at radius 3 is 2.94 bits per heavy atom. The maximum Gasteiger partial charge on any atom is 0.323 e. The monoisotopic (exact) mass is 249 g/mol. The van der Waals surface area contributed by atoms with Crippen molar-refractivity contribution in [2.45, 2.75) is 18.8 Å². The number of carbonyl (C=O) groups is 1. The highest BCUT2D eigenvalue weighted by Crippen LogP contribution is 2.37. The summed E-state index contributed by atoms with van der Waals surface area (Å²) < 4.78 is 0. The molecule has 0 amide bonds. The highest BCUT2D eigenvalue weighted by molar-refractivity contribution is 5.73. The Labute approximate surface area is 104 Å². The molecular formula is C12H15N3O3. The number of carboxylic acid groups (broad SMARTS) is 1. The lowest BCUT2D eigenvalue weighted by molar-refractivity contribution is -0.135. The highest BCUT2D eigenvalue weighted by Gasteiger charge is 2.27. The molecule has 96 valence electrons. The Balaban J connectivity index is 2.30. The SMILES string of the molecule is C=CCN(CC(=O)O)c1cc(=O)[nH]c(C2CC2)n1. The molecule has 1 aromatic rings. The minimum absolute atomic E-state index is 0.202. The molecule has 6 nitrogen and oxygen atoms in total. The van der Waals surface area contributed by atoms with Gasteiger partial charge in [0, 0.05) is 18.5 Å². The van der Waals surface area contributed by atoms with Crippen LogP contribution in [-0.2, 0) is 4.79 Å². The van der Waals surface area contributed by atoms with Gasteiger partial charge in [-0.25, -0.2) is 4.98 Å². The van der Waals surface area contributed by atoms with Crippen molar-refractivity contribution in [1.29, 1.82) is 0 Å². The number of rotatable bonds is 6. The highest BCUT2D eigenvalue weighted by atomic mass is 16.4. The number of nitrogens with one attached hydrogen (secondary N) is 1. The van der Waals surface area contributed by atoms with E-state index in [2.05, 4.69) is 16.5 Å². The zero-order chi connectivity index (χ0) is 13.1. The molecule has 2 N–H and O–H groups in total. The predicted octanol–water partition coefficient (Wildman–Crippen LogP) is 0.724. The first-order valence-electron chi connectivity index (χ1n) is 5.79. The number of H-pyrrole nitrogens is 1. The number of anilines is 1. The van der Waals surface area contributed by atoms with Crippen LogP contribution < -0.4 is 10.5 Å². The summed E-state index contributed by atoms with van der Waals surface area (Å²) in [5.74, 6) is 0.389. The molecule has 2 rings (SSSR count). The predicted molar refractivity (Wildman–Crippen MR) is 66.9 cm³/mol. The smallest absolute Gasteiger partial charge is 0.323 e. The number of hydrogen-bond donors (Lipinski definition) is 2. The molecule has 18 heavy (non-hydrogen) atoms. The maximum atomic E-state index is 11.5. The van der Waals surface area contributed by atoms with Gasteiger partial charge in [-0.05, 0) is 12.8 Å². The molecule has 0 unspecified atom stereocenters. The first-order valence-corrected chi connectivity index (χ1v) is 5.79. The minimum atomic E-state index is -0.966. The molecule has 0 spiro atoms. The summed E-state index contributed by atoms with van der Waals surface area (Å²) in [6.07, 6.45) is 3.63. The maximum absolute atomic E-state index is 11.5. The topological polar surface area (TPSA) is 86.3 Å². The Morgan fingerprint density at radius 2 is 2.39 bits per heavy atom. The van der Waals surface area contributed by atoms with Crippen molar-refractivity contribution in [2.75, 3.05) is 18.0 Å². The second-order valence-electron chi connectivity index (χ2n) is 4.33. The normalized spacial score (nSPS) is 14.2. The second kappa shape index (κ2) is 5.03. The van der Waals surface area contributed by atoms with Crippen LogP contribution in [0, 0.1) is 0 Å². The first-order chi connectivity index (χ1) is 8.60. The van der Waals surface area contributed by atoms with Gasteiger partial charge >= 0.3 is 5.97 Å². The van der Waals surface area contributed by atoms with E-state index >= 15 is 0 Å². The van der Waals surface area contributed by atoms with Gasteiger partial charge in [-0.3, -0.25) is 9.59 Å². The van der Waals surface area contributed by atoms with Gasteiger partial charge in [0.05, 0.1) is 0 Å². The molecule has 1 fully saturated rings. The molecule has 1 aromatic heterocycles. The number of aromatic amines is 1. The lowest BCUT2D eigenvalue weighted by Crippen LogP contribution is -2.32. The Morgan fingerprint density at radius 1 is 1.67 bits per heavy atom. The van der Waals surface area contributed by atoms with E-state index in [-0.39, 0.29) is 12.1 Å². The van der Waals surface area contributed by atoms with Gasteiger partial charge < -0.3 is 15.0 Å². The summed E-state index contributed by atoms with van der Waals surface area (Å²) >= 11 is 0. The van der Waals surface area contributed by atoms with E-state index in [4.69, 9.17) is 5.11 Å². The molecule has 1 aliphatic rings. The molecule has 0 saturated heterocycles. The van der Waals surface area contributed by atoms with Gasteiger partial charge in [-0.2, -0.15) is 0 Å². The fraction of sp³-hybridized carbons (Fsp3) is 0.417. The number of carboxylic acids is 1. The Hall–Kier alpha value is -2.11. The summed E-state index contributed by atoms with van der Waals surface area (Å²) in [4.78, 5) is 30.9. The van der Waals surface area contributed by atoms with Crippen LogP contribution in [0.25, 0.3) is 0 Å². The van der Waals surface area contributed by atoms with Crippen LogP contribution >= 0.6 is 0 Å². The molecule has 1 saturated carbocycles. The number of nitrogens with zero attached hydrogens (tertiary/aromatic N) is 2. The average molecular weight is 249 g/mol. The van der Waals surface area contributed by atoms with E-state index in [0.29, 0.717) is 24.1 Å². The molecule has 1 aliphatic carbocycles. The van der Waals surface area contributed by atoms with Crippen molar-refractivity contribution in [2.24, 2.45) is 0 Å². The third-order valence-electron chi connectivity index (χ3n) is 2.71. The van der Waals surface area contributed by atoms with Crippen LogP contribution in [0.3, 0.4) is 0 Å². The Kier molecular flexibility index (Phi) is 3.45. The Bertz CT molecular complexity index is 520. The molecule has 0 aliphatic heterocycles. The summed E-state index contributed by atoms with van der Waals surface area (Å²) in [5.41, 5.74) is -0.249. The van der Waals surface area contributed by atoms with E-state index in [1.165, 1.54) is 11.0 Å². The largest absolute Gasteiger partial charge is 0.480 e. The average Bonchev–Trinajstić information content (AvgIpc) is 3.10. The minimum Gasteiger partial charge on any atom is -0.480 e. The lowest BCUT2D eigenvalue weighted by atomic mass is 10.3. The van der Waals surface area contributed by atoms with E-state index in [9.17, 15) is 9.59 Å². The number of hydrogen-bond acceptors (Lipinski definition) is 4. The molecular weight excluding hydrogens is 234 g/mol. The van der Waals surface area contributed by atoms with Gasteiger partial charge in [-0.1, -0.05) is 6.08 Å². The third kappa shape index (κ3) is 2.97. The molecule has 1 heterocycles. The van der Waals surface area contributed by atoms with Gasteiger partial charge in [0.15, 0.2) is 0 Å². The van der Waals surface area contributed by atoms with E-state index in [1.807, 2.05) is 0 Å². The standard InChI is InChI=1S/C12H15N3O3/c1-2-5-15(7-11(17)18)9-6-10(16)14-12(13-9)8-3-4-8/h2,6,8H,1,3-5,7H2,(H,17,18)(H,13,14,16). The van der Waals surface area contributed by atoms with Crippen molar-refractivity contribution in [1.82, 2.24) is 9.97 Å².